The van der Waals surface area contributed by atoms with E-state index in [-0.39, 0.29) is 22.5 Å². The Labute approximate surface area is 176 Å². The molecule has 164 valence electrons. The number of hydrogen-bond donors (Lipinski definition) is 4. The highest BCUT2D eigenvalue weighted by atomic mass is 16.7. The fourth-order valence-corrected chi connectivity index (χ4v) is 3.63. The molecule has 0 aliphatic carbocycles. The van der Waals surface area contributed by atoms with Gasteiger partial charge >= 0.3 is 0 Å². The third kappa shape index (κ3) is 4.01. The first-order valence-electron chi connectivity index (χ1n) is 9.61. The molecule has 0 unspecified atom stereocenters. The van der Waals surface area contributed by atoms with E-state index in [1.807, 2.05) is 6.07 Å². The van der Waals surface area contributed by atoms with Gasteiger partial charge in [0, 0.05) is 30.9 Å². The van der Waals surface area contributed by atoms with Crippen molar-refractivity contribution >= 4 is 11.0 Å². The molecule has 2 heterocycles. The van der Waals surface area contributed by atoms with Crippen molar-refractivity contribution in [3.63, 3.8) is 0 Å². The number of benzene rings is 2. The molecule has 9 heteroatoms. The van der Waals surface area contributed by atoms with Gasteiger partial charge in [-0.15, -0.1) is 0 Å². The molecule has 3 aromatic rings. The standard InChI is InChI=1S/C22H22O9/c1-28-21-17(10-23)31-22(20(27)19(21)26)29-12-7-13(24)18-14(25)9-15(30-16(18)8-12)11-5-3-2-4-6-11/h2-9,17,19-24,26-27H,10H2,1H3/t17-,19-,20-,21-,22-/m1/s1. The van der Waals surface area contributed by atoms with E-state index in [0.29, 0.717) is 11.3 Å². The van der Waals surface area contributed by atoms with Crippen LogP contribution in [0.2, 0.25) is 0 Å². The van der Waals surface area contributed by atoms with Crippen molar-refractivity contribution in [2.75, 3.05) is 13.7 Å². The summed E-state index contributed by atoms with van der Waals surface area (Å²) in [4.78, 5) is 12.5. The van der Waals surface area contributed by atoms with Crippen LogP contribution < -0.4 is 10.2 Å². The number of phenols is 1. The van der Waals surface area contributed by atoms with Crippen LogP contribution in [0.3, 0.4) is 0 Å². The lowest BCUT2D eigenvalue weighted by Crippen LogP contribution is -2.60. The van der Waals surface area contributed by atoms with Gasteiger partial charge in [0.05, 0.1) is 6.61 Å². The Kier molecular flexibility index (Phi) is 5.94. The fraction of sp³-hybridized carbons (Fsp3) is 0.318. The normalized spacial score (nSPS) is 26.1. The number of hydrogen-bond acceptors (Lipinski definition) is 9. The van der Waals surface area contributed by atoms with Gasteiger partial charge in [0.25, 0.3) is 0 Å². The van der Waals surface area contributed by atoms with E-state index in [1.165, 1.54) is 25.3 Å². The monoisotopic (exact) mass is 430 g/mol. The number of fused-ring (bicyclic) bond motifs is 1. The largest absolute Gasteiger partial charge is 0.507 e. The predicted octanol–water partition coefficient (Wildman–Crippen LogP) is 0.998. The Morgan fingerprint density at radius 1 is 1.06 bits per heavy atom. The minimum atomic E-state index is -1.49. The molecule has 9 nitrogen and oxygen atoms in total. The molecule has 1 saturated heterocycles. The molecule has 4 N–H and O–H groups in total. The molecule has 1 fully saturated rings. The molecule has 4 rings (SSSR count). The van der Waals surface area contributed by atoms with Crippen molar-refractivity contribution in [2.45, 2.75) is 30.7 Å². The van der Waals surface area contributed by atoms with E-state index in [4.69, 9.17) is 18.6 Å². The number of rotatable bonds is 5. The number of methoxy groups -OCH3 is 1. The second-order valence-corrected chi connectivity index (χ2v) is 7.18. The molecule has 1 aromatic heterocycles. The molecule has 31 heavy (non-hydrogen) atoms. The summed E-state index contributed by atoms with van der Waals surface area (Å²) in [5, 5.41) is 40.4. The smallest absolute Gasteiger partial charge is 0.229 e. The summed E-state index contributed by atoms with van der Waals surface area (Å²) in [7, 11) is 1.32. The highest BCUT2D eigenvalue weighted by Crippen LogP contribution is 2.33. The minimum absolute atomic E-state index is 0.0233. The number of aliphatic hydroxyl groups is 3. The molecule has 0 radical (unpaired) electrons. The van der Waals surface area contributed by atoms with Gasteiger partial charge in [-0.3, -0.25) is 4.79 Å². The van der Waals surface area contributed by atoms with E-state index in [2.05, 4.69) is 0 Å². The summed E-state index contributed by atoms with van der Waals surface area (Å²) in [5.41, 5.74) is 0.315. The van der Waals surface area contributed by atoms with Crippen molar-refractivity contribution in [3.05, 3.63) is 58.8 Å². The molecule has 5 atom stereocenters. The average molecular weight is 430 g/mol. The maximum absolute atomic E-state index is 12.5. The summed E-state index contributed by atoms with van der Waals surface area (Å²) >= 11 is 0. The lowest BCUT2D eigenvalue weighted by molar-refractivity contribution is -0.281. The van der Waals surface area contributed by atoms with Crippen LogP contribution in [-0.4, -0.2) is 64.8 Å². The molecule has 1 aliphatic heterocycles. The van der Waals surface area contributed by atoms with Crippen LogP contribution in [0.4, 0.5) is 0 Å². The van der Waals surface area contributed by atoms with Gasteiger partial charge < -0.3 is 39.1 Å². The highest BCUT2D eigenvalue weighted by Gasteiger charge is 2.45. The third-order valence-electron chi connectivity index (χ3n) is 5.19. The molecule has 1 aliphatic rings. The first-order valence-corrected chi connectivity index (χ1v) is 9.61. The second-order valence-electron chi connectivity index (χ2n) is 7.18. The van der Waals surface area contributed by atoms with Gasteiger partial charge in [-0.1, -0.05) is 30.3 Å². The molecule has 0 spiro atoms. The number of phenolic OH excluding ortho intramolecular Hbond substituents is 1. The zero-order valence-corrected chi connectivity index (χ0v) is 16.5. The van der Waals surface area contributed by atoms with Gasteiger partial charge in [-0.2, -0.15) is 0 Å². The van der Waals surface area contributed by atoms with Gasteiger partial charge in [-0.05, 0) is 0 Å². The molecule has 2 aromatic carbocycles. The summed E-state index contributed by atoms with van der Waals surface area (Å²) in [6.07, 6.45) is -6.12. The first kappa shape index (κ1) is 21.3. The van der Waals surface area contributed by atoms with Crippen molar-refractivity contribution in [2.24, 2.45) is 0 Å². The van der Waals surface area contributed by atoms with Crippen LogP contribution in [-0.2, 0) is 9.47 Å². The van der Waals surface area contributed by atoms with Gasteiger partial charge in [0.15, 0.2) is 5.43 Å². The number of aliphatic hydroxyl groups excluding tert-OH is 3. The lowest BCUT2D eigenvalue weighted by Gasteiger charge is -2.41. The Balaban J connectivity index is 1.69. The second kappa shape index (κ2) is 8.66. The van der Waals surface area contributed by atoms with E-state index in [1.54, 1.807) is 24.3 Å². The summed E-state index contributed by atoms with van der Waals surface area (Å²) in [5.74, 6) is -0.0374. The Bertz CT molecular complexity index is 1110. The Hall–Kier alpha value is -2.95. The van der Waals surface area contributed by atoms with Crippen molar-refractivity contribution < 1.29 is 39.1 Å². The lowest BCUT2D eigenvalue weighted by atomic mass is 9.99. The van der Waals surface area contributed by atoms with Crippen LogP contribution in [0.5, 0.6) is 11.5 Å². The summed E-state index contributed by atoms with van der Waals surface area (Å²) < 4.78 is 22.0. The highest BCUT2D eigenvalue weighted by molar-refractivity contribution is 5.86. The first-order chi connectivity index (χ1) is 14.9. The Morgan fingerprint density at radius 3 is 2.48 bits per heavy atom. The maximum Gasteiger partial charge on any atom is 0.229 e. The quantitative estimate of drug-likeness (QED) is 0.467. The van der Waals surface area contributed by atoms with E-state index in [0.717, 1.165) is 0 Å². The summed E-state index contributed by atoms with van der Waals surface area (Å²) in [6.45, 7) is -0.472. The fourth-order valence-electron chi connectivity index (χ4n) is 3.63. The van der Waals surface area contributed by atoms with E-state index in [9.17, 15) is 25.2 Å². The molecule has 0 saturated carbocycles. The van der Waals surface area contributed by atoms with Crippen LogP contribution in [0, 0.1) is 0 Å². The zero-order chi connectivity index (χ0) is 22.1. The van der Waals surface area contributed by atoms with Crippen molar-refractivity contribution in [1.29, 1.82) is 0 Å². The van der Waals surface area contributed by atoms with Crippen LogP contribution in [0.15, 0.2) is 57.7 Å². The van der Waals surface area contributed by atoms with Crippen LogP contribution in [0.1, 0.15) is 0 Å². The van der Waals surface area contributed by atoms with Gasteiger partial charge in [-0.25, -0.2) is 0 Å². The number of aromatic hydroxyl groups is 1. The van der Waals surface area contributed by atoms with Crippen LogP contribution in [0.25, 0.3) is 22.3 Å². The van der Waals surface area contributed by atoms with Crippen molar-refractivity contribution in [3.8, 4) is 22.8 Å². The zero-order valence-electron chi connectivity index (χ0n) is 16.5. The minimum Gasteiger partial charge on any atom is -0.507 e. The van der Waals surface area contributed by atoms with Gasteiger partial charge in [0.2, 0.25) is 6.29 Å². The molecular formula is C22H22O9. The van der Waals surface area contributed by atoms with Crippen LogP contribution >= 0.6 is 0 Å². The Morgan fingerprint density at radius 2 is 1.81 bits per heavy atom. The molecule has 0 amide bonds. The summed E-state index contributed by atoms with van der Waals surface area (Å²) in [6, 6.07) is 12.8. The predicted molar refractivity (Wildman–Crippen MR) is 109 cm³/mol. The van der Waals surface area contributed by atoms with E-state index < -0.39 is 42.7 Å². The van der Waals surface area contributed by atoms with Crippen molar-refractivity contribution in [1.82, 2.24) is 0 Å². The SMILES string of the molecule is CO[C@H]1[C@H](O)[C@@H](O)[C@H](Oc2cc(O)c3c(=O)cc(-c4ccccc4)oc3c2)O[C@@H]1CO. The molecule has 0 bridgehead atoms. The average Bonchev–Trinajstić information content (AvgIpc) is 2.76. The topological polar surface area (TPSA) is 139 Å². The van der Waals surface area contributed by atoms with E-state index >= 15 is 0 Å². The maximum atomic E-state index is 12.5. The molecular weight excluding hydrogens is 408 g/mol. The third-order valence-corrected chi connectivity index (χ3v) is 5.19. The number of ether oxygens (including phenoxy) is 3. The van der Waals surface area contributed by atoms with Gasteiger partial charge in [0.1, 0.15) is 52.6 Å².